The molecule has 0 atom stereocenters. The van der Waals surface area contributed by atoms with Gasteiger partial charge in [-0.05, 0) is 61.7 Å². The van der Waals surface area contributed by atoms with E-state index in [-0.39, 0.29) is 4.90 Å². The van der Waals surface area contributed by atoms with Gasteiger partial charge in [-0.2, -0.15) is 0 Å². The number of sulfonamides is 1. The van der Waals surface area contributed by atoms with Crippen molar-refractivity contribution >= 4 is 21.4 Å². The lowest BCUT2D eigenvalue weighted by Crippen LogP contribution is -2.18. The molecule has 2 aromatic rings. The molecule has 1 fully saturated rings. The van der Waals surface area contributed by atoms with Crippen molar-refractivity contribution in [1.82, 2.24) is 0 Å². The Kier molecular flexibility index (Phi) is 4.07. The highest BCUT2D eigenvalue weighted by Crippen LogP contribution is 2.23. The largest absolute Gasteiger partial charge is 0.372 e. The van der Waals surface area contributed by atoms with Crippen LogP contribution in [0.3, 0.4) is 0 Å². The van der Waals surface area contributed by atoms with E-state index >= 15 is 0 Å². The molecule has 3 rings (SSSR count). The molecule has 0 amide bonds. The average molecular weight is 316 g/mol. The molecular formula is C17H20N2O2S. The van der Waals surface area contributed by atoms with Crippen LogP contribution in [0.2, 0.25) is 0 Å². The number of nitrogens with one attached hydrogen (secondary N) is 1. The number of anilines is 2. The molecule has 1 heterocycles. The van der Waals surface area contributed by atoms with Crippen LogP contribution in [0.1, 0.15) is 18.4 Å². The fourth-order valence-corrected chi connectivity index (χ4v) is 3.78. The summed E-state index contributed by atoms with van der Waals surface area (Å²) in [6.45, 7) is 4.03. The van der Waals surface area contributed by atoms with Crippen molar-refractivity contribution in [3.63, 3.8) is 0 Å². The molecule has 22 heavy (non-hydrogen) atoms. The molecule has 0 bridgehead atoms. The number of aryl methyl sites for hydroxylation is 1. The van der Waals surface area contributed by atoms with Crippen LogP contribution < -0.4 is 9.62 Å². The zero-order valence-electron chi connectivity index (χ0n) is 12.6. The van der Waals surface area contributed by atoms with Crippen molar-refractivity contribution in [1.29, 1.82) is 0 Å². The van der Waals surface area contributed by atoms with Crippen LogP contribution in [0, 0.1) is 6.92 Å². The van der Waals surface area contributed by atoms with E-state index in [1.165, 1.54) is 12.8 Å². The van der Waals surface area contributed by atoms with Crippen molar-refractivity contribution in [2.75, 3.05) is 22.7 Å². The molecule has 5 heteroatoms. The summed E-state index contributed by atoms with van der Waals surface area (Å²) < 4.78 is 27.5. The standard InChI is InChI=1S/C17H20N2O2S/c1-14-5-4-6-15(13-14)18-22(20,21)17-9-7-16(8-10-17)19-11-2-3-12-19/h4-10,13,18H,2-3,11-12H2,1H3. The van der Waals surface area contributed by atoms with Crippen molar-refractivity contribution in [2.24, 2.45) is 0 Å². The Balaban J connectivity index is 1.79. The van der Waals surface area contributed by atoms with Crippen LogP contribution in [0.15, 0.2) is 53.4 Å². The fraction of sp³-hybridized carbons (Fsp3) is 0.294. The summed E-state index contributed by atoms with van der Waals surface area (Å²) in [5, 5.41) is 0. The summed E-state index contributed by atoms with van der Waals surface area (Å²) >= 11 is 0. The van der Waals surface area contributed by atoms with Gasteiger partial charge in [0.2, 0.25) is 0 Å². The average Bonchev–Trinajstić information content (AvgIpc) is 3.01. The van der Waals surface area contributed by atoms with E-state index in [1.54, 1.807) is 18.2 Å². The summed E-state index contributed by atoms with van der Waals surface area (Å²) in [5.41, 5.74) is 2.69. The zero-order valence-corrected chi connectivity index (χ0v) is 13.4. The van der Waals surface area contributed by atoms with Gasteiger partial charge in [-0.25, -0.2) is 8.42 Å². The van der Waals surface area contributed by atoms with E-state index in [1.807, 2.05) is 37.3 Å². The highest BCUT2D eigenvalue weighted by Gasteiger charge is 2.16. The smallest absolute Gasteiger partial charge is 0.261 e. The second kappa shape index (κ2) is 6.01. The maximum absolute atomic E-state index is 12.4. The van der Waals surface area contributed by atoms with Gasteiger partial charge in [-0.1, -0.05) is 12.1 Å². The molecule has 0 radical (unpaired) electrons. The fourth-order valence-electron chi connectivity index (χ4n) is 2.73. The molecule has 0 saturated carbocycles. The first-order valence-electron chi connectivity index (χ1n) is 7.49. The Bertz CT molecular complexity index is 748. The molecule has 1 aliphatic heterocycles. The third kappa shape index (κ3) is 3.25. The third-order valence-electron chi connectivity index (χ3n) is 3.89. The lowest BCUT2D eigenvalue weighted by Gasteiger charge is -2.17. The highest BCUT2D eigenvalue weighted by molar-refractivity contribution is 7.92. The molecule has 0 unspecified atom stereocenters. The van der Waals surface area contributed by atoms with Gasteiger partial charge >= 0.3 is 0 Å². The van der Waals surface area contributed by atoms with Crippen LogP contribution in [-0.4, -0.2) is 21.5 Å². The van der Waals surface area contributed by atoms with Crippen molar-refractivity contribution in [3.8, 4) is 0 Å². The van der Waals surface area contributed by atoms with E-state index in [4.69, 9.17) is 0 Å². The van der Waals surface area contributed by atoms with Gasteiger partial charge in [0.15, 0.2) is 0 Å². The Morgan fingerprint density at radius 3 is 2.32 bits per heavy atom. The van der Waals surface area contributed by atoms with Gasteiger partial charge in [0.25, 0.3) is 10.0 Å². The van der Waals surface area contributed by atoms with E-state index < -0.39 is 10.0 Å². The third-order valence-corrected chi connectivity index (χ3v) is 5.29. The quantitative estimate of drug-likeness (QED) is 0.940. The van der Waals surface area contributed by atoms with Gasteiger partial charge in [-0.15, -0.1) is 0 Å². The van der Waals surface area contributed by atoms with E-state index in [2.05, 4.69) is 9.62 Å². The second-order valence-electron chi connectivity index (χ2n) is 5.66. The van der Waals surface area contributed by atoms with Crippen LogP contribution in [0.4, 0.5) is 11.4 Å². The van der Waals surface area contributed by atoms with Gasteiger partial charge in [-0.3, -0.25) is 4.72 Å². The Labute approximate surface area is 131 Å². The minimum absolute atomic E-state index is 0.289. The first kappa shape index (κ1) is 14.9. The summed E-state index contributed by atoms with van der Waals surface area (Å²) in [4.78, 5) is 2.57. The monoisotopic (exact) mass is 316 g/mol. The minimum atomic E-state index is -3.54. The summed E-state index contributed by atoms with van der Waals surface area (Å²) in [5.74, 6) is 0. The number of hydrogen-bond acceptors (Lipinski definition) is 3. The van der Waals surface area contributed by atoms with Crippen molar-refractivity contribution < 1.29 is 8.42 Å². The minimum Gasteiger partial charge on any atom is -0.372 e. The molecule has 4 nitrogen and oxygen atoms in total. The maximum Gasteiger partial charge on any atom is 0.261 e. The maximum atomic E-state index is 12.4. The van der Waals surface area contributed by atoms with Gasteiger partial charge in [0.05, 0.1) is 4.90 Å². The normalized spacial score (nSPS) is 15.0. The van der Waals surface area contributed by atoms with Crippen LogP contribution >= 0.6 is 0 Å². The van der Waals surface area contributed by atoms with Gasteiger partial charge < -0.3 is 4.90 Å². The number of benzene rings is 2. The summed E-state index contributed by atoms with van der Waals surface area (Å²) in [6, 6.07) is 14.5. The Hall–Kier alpha value is -2.01. The van der Waals surface area contributed by atoms with Crippen LogP contribution in [0.5, 0.6) is 0 Å². The Morgan fingerprint density at radius 1 is 1.00 bits per heavy atom. The van der Waals surface area contributed by atoms with Crippen LogP contribution in [0.25, 0.3) is 0 Å². The molecule has 1 aliphatic rings. The van der Waals surface area contributed by atoms with Crippen molar-refractivity contribution in [2.45, 2.75) is 24.7 Å². The van der Waals surface area contributed by atoms with Gasteiger partial charge in [0.1, 0.15) is 0 Å². The Morgan fingerprint density at radius 2 is 1.68 bits per heavy atom. The predicted octanol–water partition coefficient (Wildman–Crippen LogP) is 3.40. The van der Waals surface area contributed by atoms with Gasteiger partial charge in [0, 0.05) is 24.5 Å². The van der Waals surface area contributed by atoms with E-state index in [9.17, 15) is 8.42 Å². The first-order valence-corrected chi connectivity index (χ1v) is 8.97. The van der Waals surface area contributed by atoms with Crippen molar-refractivity contribution in [3.05, 3.63) is 54.1 Å². The SMILES string of the molecule is Cc1cccc(NS(=O)(=O)c2ccc(N3CCCC3)cc2)c1. The second-order valence-corrected chi connectivity index (χ2v) is 7.35. The molecular weight excluding hydrogens is 296 g/mol. The summed E-state index contributed by atoms with van der Waals surface area (Å²) in [6.07, 6.45) is 2.41. The molecule has 0 aromatic heterocycles. The van der Waals surface area contributed by atoms with E-state index in [0.29, 0.717) is 5.69 Å². The number of nitrogens with zero attached hydrogens (tertiary/aromatic N) is 1. The molecule has 1 saturated heterocycles. The lowest BCUT2D eigenvalue weighted by molar-refractivity contribution is 0.601. The van der Waals surface area contributed by atoms with Crippen LogP contribution in [-0.2, 0) is 10.0 Å². The number of hydrogen-bond donors (Lipinski definition) is 1. The van der Waals surface area contributed by atoms with E-state index in [0.717, 1.165) is 24.3 Å². The molecule has 2 aromatic carbocycles. The molecule has 0 spiro atoms. The zero-order chi connectivity index (χ0) is 15.6. The number of rotatable bonds is 4. The lowest BCUT2D eigenvalue weighted by atomic mass is 10.2. The predicted molar refractivity (Wildman–Crippen MR) is 89.9 cm³/mol. The molecule has 0 aliphatic carbocycles. The molecule has 116 valence electrons. The first-order chi connectivity index (χ1) is 10.5. The molecule has 1 N–H and O–H groups in total. The topological polar surface area (TPSA) is 49.4 Å². The summed E-state index contributed by atoms with van der Waals surface area (Å²) in [7, 11) is -3.54. The highest BCUT2D eigenvalue weighted by atomic mass is 32.2.